The molecule has 0 saturated carbocycles. The number of aromatic hydroxyl groups is 1. The lowest BCUT2D eigenvalue weighted by molar-refractivity contribution is -0.167. The van der Waals surface area contributed by atoms with Crippen LogP contribution in [0.3, 0.4) is 0 Å². The molecule has 0 fully saturated rings. The topological polar surface area (TPSA) is 112 Å². The maximum Gasteiger partial charge on any atom is 0.471 e. The average Bonchev–Trinajstić information content (AvgIpc) is 2.51. The Bertz CT molecular complexity index is 850. The maximum absolute atomic E-state index is 12.1. The fourth-order valence-corrected chi connectivity index (χ4v) is 2.42. The van der Waals surface area contributed by atoms with Crippen molar-refractivity contribution >= 4 is 29.1 Å². The van der Waals surface area contributed by atoms with Gasteiger partial charge >= 0.3 is 12.1 Å². The molecule has 1 aromatic heterocycles. The van der Waals surface area contributed by atoms with Crippen LogP contribution in [0.5, 0.6) is 5.88 Å². The van der Waals surface area contributed by atoms with Crippen LogP contribution in [0.2, 0.25) is 0 Å². The summed E-state index contributed by atoms with van der Waals surface area (Å²) < 4.78 is 36.4. The molecule has 0 bridgehead atoms. The predicted octanol–water partition coefficient (Wildman–Crippen LogP) is 1.95. The van der Waals surface area contributed by atoms with Crippen molar-refractivity contribution in [1.82, 2.24) is 9.97 Å². The summed E-state index contributed by atoms with van der Waals surface area (Å²) in [5, 5.41) is 10.9. The SMILES string of the molecule is O=C(CSc1nc(O)cc(=O)[nH]1)c1ccc(NC(=O)C(F)(F)F)cc1. The number of amides is 1. The summed E-state index contributed by atoms with van der Waals surface area (Å²) in [5.74, 6) is -3.10. The Balaban J connectivity index is 1.98. The second-order valence-corrected chi connectivity index (χ2v) is 5.61. The first-order valence-electron chi connectivity index (χ1n) is 6.60. The van der Waals surface area contributed by atoms with E-state index in [0.717, 1.165) is 30.0 Å². The molecule has 0 radical (unpaired) electrons. The molecular weight excluding hydrogens is 363 g/mol. The Morgan fingerprint density at radius 3 is 2.44 bits per heavy atom. The molecular formula is C14H10F3N3O4S. The lowest BCUT2D eigenvalue weighted by Gasteiger charge is -2.08. The summed E-state index contributed by atoms with van der Waals surface area (Å²) in [7, 11) is 0. The van der Waals surface area contributed by atoms with E-state index in [0.29, 0.717) is 0 Å². The summed E-state index contributed by atoms with van der Waals surface area (Å²) in [6.45, 7) is 0. The highest BCUT2D eigenvalue weighted by atomic mass is 32.2. The molecule has 11 heteroatoms. The molecule has 3 N–H and O–H groups in total. The van der Waals surface area contributed by atoms with Crippen LogP contribution in [0.4, 0.5) is 18.9 Å². The van der Waals surface area contributed by atoms with E-state index in [1.165, 1.54) is 12.1 Å². The molecule has 0 spiro atoms. The third-order valence-corrected chi connectivity index (χ3v) is 3.64. The fourth-order valence-electron chi connectivity index (χ4n) is 1.65. The van der Waals surface area contributed by atoms with Gasteiger partial charge in [-0.3, -0.25) is 14.4 Å². The highest BCUT2D eigenvalue weighted by Gasteiger charge is 2.38. The third kappa shape index (κ3) is 5.35. The Morgan fingerprint density at radius 1 is 1.24 bits per heavy atom. The zero-order valence-electron chi connectivity index (χ0n) is 12.3. The second kappa shape index (κ2) is 7.38. The number of aromatic amines is 1. The number of hydrogen-bond donors (Lipinski definition) is 3. The molecule has 0 unspecified atom stereocenters. The first-order valence-corrected chi connectivity index (χ1v) is 7.58. The van der Waals surface area contributed by atoms with Gasteiger partial charge in [-0.15, -0.1) is 0 Å². The van der Waals surface area contributed by atoms with Gasteiger partial charge in [0.2, 0.25) is 5.88 Å². The van der Waals surface area contributed by atoms with Gasteiger partial charge in [0.05, 0.1) is 11.8 Å². The standard InChI is InChI=1S/C14H10F3N3O4S/c15-14(16,17)12(24)18-8-3-1-7(2-4-8)9(21)6-25-13-19-10(22)5-11(23)20-13/h1-5H,6H2,(H,18,24)(H2,19,20,22,23). The molecule has 1 aromatic carbocycles. The number of thioether (sulfide) groups is 1. The Hall–Kier alpha value is -2.82. The fraction of sp³-hybridized carbons (Fsp3) is 0.143. The first-order chi connectivity index (χ1) is 11.6. The summed E-state index contributed by atoms with van der Waals surface area (Å²) in [6, 6.07) is 5.72. The first kappa shape index (κ1) is 18.5. The highest BCUT2D eigenvalue weighted by Crippen LogP contribution is 2.20. The van der Waals surface area contributed by atoms with Crippen molar-refractivity contribution in [3.8, 4) is 5.88 Å². The lowest BCUT2D eigenvalue weighted by atomic mass is 10.1. The highest BCUT2D eigenvalue weighted by molar-refractivity contribution is 7.99. The molecule has 25 heavy (non-hydrogen) atoms. The largest absolute Gasteiger partial charge is 0.493 e. The second-order valence-electron chi connectivity index (χ2n) is 4.65. The minimum Gasteiger partial charge on any atom is -0.493 e. The van der Waals surface area contributed by atoms with E-state index in [2.05, 4.69) is 9.97 Å². The summed E-state index contributed by atoms with van der Waals surface area (Å²) in [5.41, 5.74) is -0.488. The molecule has 0 aliphatic carbocycles. The van der Waals surface area contributed by atoms with Crippen molar-refractivity contribution in [2.45, 2.75) is 11.3 Å². The summed E-state index contributed by atoms with van der Waals surface area (Å²) in [4.78, 5) is 39.9. The average molecular weight is 373 g/mol. The molecule has 0 atom stereocenters. The molecule has 0 aliphatic heterocycles. The molecule has 1 amide bonds. The van der Waals surface area contributed by atoms with Crippen molar-refractivity contribution in [2.75, 3.05) is 11.1 Å². The van der Waals surface area contributed by atoms with Gasteiger partial charge in [0.1, 0.15) is 0 Å². The van der Waals surface area contributed by atoms with Crippen LogP contribution < -0.4 is 10.9 Å². The number of Topliss-reactive ketones (excluding diaryl/α,β-unsaturated/α-hetero) is 1. The number of H-pyrrole nitrogens is 1. The van der Waals surface area contributed by atoms with Gasteiger partial charge in [-0.05, 0) is 24.3 Å². The number of ketones is 1. The number of anilines is 1. The minimum absolute atomic E-state index is 0.0485. The maximum atomic E-state index is 12.1. The van der Waals surface area contributed by atoms with Crippen molar-refractivity contribution in [3.63, 3.8) is 0 Å². The van der Waals surface area contributed by atoms with E-state index in [9.17, 15) is 32.7 Å². The van der Waals surface area contributed by atoms with E-state index in [-0.39, 0.29) is 27.9 Å². The number of carbonyl (C=O) groups excluding carboxylic acids is 2. The normalized spacial score (nSPS) is 11.2. The van der Waals surface area contributed by atoms with Gasteiger partial charge in [-0.1, -0.05) is 11.8 Å². The number of nitrogens with zero attached hydrogens (tertiary/aromatic N) is 1. The molecule has 7 nitrogen and oxygen atoms in total. The van der Waals surface area contributed by atoms with Crippen molar-refractivity contribution in [2.24, 2.45) is 0 Å². The van der Waals surface area contributed by atoms with Crippen molar-refractivity contribution in [3.05, 3.63) is 46.2 Å². The third-order valence-electron chi connectivity index (χ3n) is 2.77. The van der Waals surface area contributed by atoms with Gasteiger partial charge in [-0.2, -0.15) is 18.2 Å². The minimum atomic E-state index is -5.00. The number of rotatable bonds is 5. The van der Waals surface area contributed by atoms with Gasteiger partial charge < -0.3 is 15.4 Å². The Labute approximate surface area is 142 Å². The quantitative estimate of drug-likeness (QED) is 0.420. The summed E-state index contributed by atoms with van der Waals surface area (Å²) >= 11 is 0.875. The number of benzene rings is 1. The molecule has 0 aliphatic rings. The van der Waals surface area contributed by atoms with E-state index in [4.69, 9.17) is 0 Å². The van der Waals surface area contributed by atoms with E-state index >= 15 is 0 Å². The van der Waals surface area contributed by atoms with E-state index in [1.54, 1.807) is 5.32 Å². The van der Waals surface area contributed by atoms with E-state index in [1.807, 2.05) is 0 Å². The van der Waals surface area contributed by atoms with Gasteiger partial charge in [-0.25, -0.2) is 0 Å². The van der Waals surface area contributed by atoms with Crippen LogP contribution in [0.25, 0.3) is 0 Å². The van der Waals surface area contributed by atoms with Crippen LogP contribution in [0.15, 0.2) is 40.3 Å². The zero-order chi connectivity index (χ0) is 18.6. The lowest BCUT2D eigenvalue weighted by Crippen LogP contribution is -2.29. The van der Waals surface area contributed by atoms with Gasteiger partial charge in [0.15, 0.2) is 10.9 Å². The zero-order valence-corrected chi connectivity index (χ0v) is 13.1. The van der Waals surface area contributed by atoms with Crippen molar-refractivity contribution in [1.29, 1.82) is 0 Å². The molecule has 2 rings (SSSR count). The van der Waals surface area contributed by atoms with Crippen LogP contribution in [0.1, 0.15) is 10.4 Å². The van der Waals surface area contributed by atoms with Crippen molar-refractivity contribution < 1.29 is 27.9 Å². The number of nitrogens with one attached hydrogen (secondary N) is 2. The number of hydrogen-bond acceptors (Lipinski definition) is 6. The number of aromatic nitrogens is 2. The van der Waals surface area contributed by atoms with Gasteiger partial charge in [0, 0.05) is 11.3 Å². The molecule has 2 aromatic rings. The van der Waals surface area contributed by atoms with E-state index < -0.39 is 23.5 Å². The Morgan fingerprint density at radius 2 is 1.88 bits per heavy atom. The molecule has 0 saturated heterocycles. The molecule has 132 valence electrons. The van der Waals surface area contributed by atoms with Crippen LogP contribution >= 0.6 is 11.8 Å². The smallest absolute Gasteiger partial charge is 0.471 e. The van der Waals surface area contributed by atoms with Gasteiger partial charge in [0.25, 0.3) is 5.56 Å². The predicted molar refractivity (Wildman–Crippen MR) is 82.7 cm³/mol. The monoisotopic (exact) mass is 373 g/mol. The number of carbonyl (C=O) groups is 2. The Kier molecular flexibility index (Phi) is 5.47. The number of halogens is 3. The summed E-state index contributed by atoms with van der Waals surface area (Å²) in [6.07, 6.45) is -5.00. The molecule has 1 heterocycles. The van der Waals surface area contributed by atoms with Crippen LogP contribution in [-0.2, 0) is 4.79 Å². The van der Waals surface area contributed by atoms with Crippen LogP contribution in [-0.4, -0.2) is 38.7 Å². The van der Waals surface area contributed by atoms with Crippen LogP contribution in [0, 0.1) is 0 Å². The number of alkyl halides is 3.